The van der Waals surface area contributed by atoms with Crippen molar-refractivity contribution in [1.82, 2.24) is 4.90 Å². The molecule has 2 rings (SSSR count). The normalized spacial score (nSPS) is 18.7. The number of hydrogen-bond donors (Lipinski definition) is 3. The van der Waals surface area contributed by atoms with Crippen molar-refractivity contribution >= 4 is 5.91 Å². The summed E-state index contributed by atoms with van der Waals surface area (Å²) < 4.78 is 0. The molecule has 0 radical (unpaired) electrons. The lowest BCUT2D eigenvalue weighted by atomic mass is 9.93. The number of amides is 1. The minimum Gasteiger partial charge on any atom is -0.504 e. The maximum Gasteiger partial charge on any atom is 0.257 e. The van der Waals surface area contributed by atoms with Crippen LogP contribution in [0.1, 0.15) is 30.1 Å². The van der Waals surface area contributed by atoms with Gasteiger partial charge < -0.3 is 20.2 Å². The number of phenols is 2. The number of aromatic hydroxyl groups is 2. The number of benzene rings is 1. The highest BCUT2D eigenvalue weighted by Gasteiger charge is 2.30. The number of aliphatic hydroxyl groups is 1. The number of nitrogens with zero attached hydrogens (tertiary/aromatic N) is 1. The third-order valence-corrected chi connectivity index (χ3v) is 3.37. The summed E-state index contributed by atoms with van der Waals surface area (Å²) in [6.07, 6.45) is 1.02. The van der Waals surface area contributed by atoms with E-state index in [1.807, 2.05) is 0 Å². The minimum absolute atomic E-state index is 0.0940. The third kappa shape index (κ3) is 2.41. The van der Waals surface area contributed by atoms with Crippen molar-refractivity contribution in [3.8, 4) is 11.5 Å². The van der Waals surface area contributed by atoms with Crippen molar-refractivity contribution in [2.24, 2.45) is 0 Å². The monoisotopic (exact) mass is 251 g/mol. The molecular weight excluding hydrogens is 234 g/mol. The van der Waals surface area contributed by atoms with E-state index in [4.69, 9.17) is 0 Å². The number of piperidine rings is 1. The molecule has 0 atom stereocenters. The number of rotatable bonds is 1. The zero-order valence-corrected chi connectivity index (χ0v) is 10.3. The second-order valence-corrected chi connectivity index (χ2v) is 4.96. The quantitative estimate of drug-likeness (QED) is 0.652. The number of carbonyl (C=O) groups is 1. The molecule has 1 amide bonds. The summed E-state index contributed by atoms with van der Waals surface area (Å²) in [7, 11) is 0. The third-order valence-electron chi connectivity index (χ3n) is 3.37. The fraction of sp³-hybridized carbons (Fsp3) is 0.462. The molecule has 98 valence electrons. The van der Waals surface area contributed by atoms with Crippen molar-refractivity contribution in [2.45, 2.75) is 25.4 Å². The lowest BCUT2D eigenvalue weighted by Gasteiger charge is -2.35. The highest BCUT2D eigenvalue weighted by atomic mass is 16.3. The maximum absolute atomic E-state index is 12.2. The summed E-state index contributed by atoms with van der Waals surface area (Å²) >= 11 is 0. The molecule has 5 nitrogen and oxygen atoms in total. The van der Waals surface area contributed by atoms with Gasteiger partial charge in [-0.05, 0) is 31.9 Å². The van der Waals surface area contributed by atoms with Crippen LogP contribution in [-0.4, -0.2) is 44.8 Å². The number of likely N-dealkylation sites (tertiary alicyclic amines) is 1. The van der Waals surface area contributed by atoms with E-state index < -0.39 is 5.60 Å². The van der Waals surface area contributed by atoms with E-state index in [-0.39, 0.29) is 23.0 Å². The Labute approximate surface area is 105 Å². The second-order valence-electron chi connectivity index (χ2n) is 4.96. The molecule has 3 N–H and O–H groups in total. The van der Waals surface area contributed by atoms with Gasteiger partial charge in [-0.1, -0.05) is 6.07 Å². The number of hydrogen-bond acceptors (Lipinski definition) is 4. The van der Waals surface area contributed by atoms with E-state index in [2.05, 4.69) is 0 Å². The predicted octanol–water partition coefficient (Wildman–Crippen LogP) is 1.08. The summed E-state index contributed by atoms with van der Waals surface area (Å²) in [6, 6.07) is 4.32. The Morgan fingerprint density at radius 2 is 1.89 bits per heavy atom. The molecule has 1 aromatic carbocycles. The SMILES string of the molecule is CC1(O)CCN(C(=O)c2cccc(O)c2O)CC1. The number of para-hydroxylation sites is 1. The van der Waals surface area contributed by atoms with Crippen molar-refractivity contribution in [3.05, 3.63) is 23.8 Å². The van der Waals surface area contributed by atoms with Gasteiger partial charge in [-0.25, -0.2) is 0 Å². The van der Waals surface area contributed by atoms with E-state index in [0.29, 0.717) is 25.9 Å². The lowest BCUT2D eigenvalue weighted by molar-refractivity contribution is -0.00209. The molecule has 1 aromatic rings. The van der Waals surface area contributed by atoms with Crippen LogP contribution in [0.25, 0.3) is 0 Å². The van der Waals surface area contributed by atoms with E-state index in [1.165, 1.54) is 18.2 Å². The summed E-state index contributed by atoms with van der Waals surface area (Å²) in [5, 5.41) is 28.8. The van der Waals surface area contributed by atoms with Gasteiger partial charge in [0.1, 0.15) is 0 Å². The molecule has 5 heteroatoms. The topological polar surface area (TPSA) is 81.0 Å². The Morgan fingerprint density at radius 1 is 1.28 bits per heavy atom. The maximum atomic E-state index is 12.2. The zero-order valence-electron chi connectivity index (χ0n) is 10.3. The zero-order chi connectivity index (χ0) is 13.3. The molecule has 0 bridgehead atoms. The molecule has 18 heavy (non-hydrogen) atoms. The van der Waals surface area contributed by atoms with Gasteiger partial charge in [0.05, 0.1) is 11.2 Å². The average Bonchev–Trinajstić information content (AvgIpc) is 2.32. The van der Waals surface area contributed by atoms with E-state index in [0.717, 1.165) is 0 Å². The first-order valence-electron chi connectivity index (χ1n) is 5.93. The first kappa shape index (κ1) is 12.7. The molecule has 0 aromatic heterocycles. The van der Waals surface area contributed by atoms with Crippen LogP contribution in [0.2, 0.25) is 0 Å². The Kier molecular flexibility index (Phi) is 3.17. The second kappa shape index (κ2) is 4.49. The van der Waals surface area contributed by atoms with Crippen molar-refractivity contribution < 1.29 is 20.1 Å². The largest absolute Gasteiger partial charge is 0.504 e. The number of phenolic OH excluding ortho intramolecular Hbond substituents is 2. The van der Waals surface area contributed by atoms with Crippen LogP contribution in [0.4, 0.5) is 0 Å². The van der Waals surface area contributed by atoms with Crippen molar-refractivity contribution in [3.63, 3.8) is 0 Å². The Bertz CT molecular complexity index is 460. The summed E-state index contributed by atoms with van der Waals surface area (Å²) in [6.45, 7) is 2.64. The van der Waals surface area contributed by atoms with Crippen LogP contribution in [0.5, 0.6) is 11.5 Å². The van der Waals surface area contributed by atoms with Crippen molar-refractivity contribution in [1.29, 1.82) is 0 Å². The predicted molar refractivity (Wildman–Crippen MR) is 65.5 cm³/mol. The minimum atomic E-state index is -0.725. The van der Waals surface area contributed by atoms with Crippen LogP contribution in [0.3, 0.4) is 0 Å². The Hall–Kier alpha value is -1.75. The van der Waals surface area contributed by atoms with Crippen LogP contribution in [0, 0.1) is 0 Å². The Balaban J connectivity index is 2.15. The smallest absolute Gasteiger partial charge is 0.257 e. The first-order valence-corrected chi connectivity index (χ1v) is 5.93. The molecule has 0 saturated carbocycles. The highest BCUT2D eigenvalue weighted by Crippen LogP contribution is 2.30. The molecule has 1 aliphatic heterocycles. The number of carbonyl (C=O) groups excluding carboxylic acids is 1. The highest BCUT2D eigenvalue weighted by molar-refractivity contribution is 5.97. The fourth-order valence-electron chi connectivity index (χ4n) is 2.07. The van der Waals surface area contributed by atoms with Crippen LogP contribution >= 0.6 is 0 Å². The fourth-order valence-corrected chi connectivity index (χ4v) is 2.07. The van der Waals surface area contributed by atoms with Crippen molar-refractivity contribution in [2.75, 3.05) is 13.1 Å². The van der Waals surface area contributed by atoms with Gasteiger partial charge in [0, 0.05) is 13.1 Å². The molecule has 0 aliphatic carbocycles. The lowest BCUT2D eigenvalue weighted by Crippen LogP contribution is -2.45. The first-order chi connectivity index (χ1) is 8.41. The molecule has 1 fully saturated rings. The van der Waals surface area contributed by atoms with E-state index in [9.17, 15) is 20.1 Å². The van der Waals surface area contributed by atoms with E-state index >= 15 is 0 Å². The van der Waals surface area contributed by atoms with Gasteiger partial charge in [-0.2, -0.15) is 0 Å². The van der Waals surface area contributed by atoms with Gasteiger partial charge in [0.2, 0.25) is 0 Å². The van der Waals surface area contributed by atoms with Gasteiger partial charge in [-0.15, -0.1) is 0 Å². The average molecular weight is 251 g/mol. The van der Waals surface area contributed by atoms with Crippen LogP contribution in [0.15, 0.2) is 18.2 Å². The Morgan fingerprint density at radius 3 is 2.50 bits per heavy atom. The summed E-state index contributed by atoms with van der Waals surface area (Å²) in [4.78, 5) is 13.7. The molecule has 1 heterocycles. The summed E-state index contributed by atoms with van der Waals surface area (Å²) in [5.74, 6) is -1.01. The molecule has 1 aliphatic rings. The van der Waals surface area contributed by atoms with Gasteiger partial charge >= 0.3 is 0 Å². The molecule has 0 unspecified atom stereocenters. The molecular formula is C13H17NO4. The van der Waals surface area contributed by atoms with Gasteiger partial charge in [-0.3, -0.25) is 4.79 Å². The standard InChI is InChI=1S/C13H17NO4/c1-13(18)5-7-14(8-6-13)12(17)9-3-2-4-10(15)11(9)16/h2-4,15-16,18H,5-8H2,1H3. The summed E-state index contributed by atoms with van der Waals surface area (Å²) in [5.41, 5.74) is -0.631. The van der Waals surface area contributed by atoms with Gasteiger partial charge in [0.25, 0.3) is 5.91 Å². The van der Waals surface area contributed by atoms with E-state index in [1.54, 1.807) is 11.8 Å². The molecule has 1 saturated heterocycles. The van der Waals surface area contributed by atoms with Crippen LogP contribution in [-0.2, 0) is 0 Å². The molecule has 0 spiro atoms. The van der Waals surface area contributed by atoms with Crippen LogP contribution < -0.4 is 0 Å². The van der Waals surface area contributed by atoms with Gasteiger partial charge in [0.15, 0.2) is 11.5 Å².